The number of pyridine rings is 1. The fourth-order valence-electron chi connectivity index (χ4n) is 4.34. The van der Waals surface area contributed by atoms with Gasteiger partial charge < -0.3 is 9.88 Å². The minimum absolute atomic E-state index is 0.0877. The number of aryl methyl sites for hydroxylation is 3. The summed E-state index contributed by atoms with van der Waals surface area (Å²) in [6, 6.07) is 24.4. The van der Waals surface area contributed by atoms with Gasteiger partial charge in [-0.2, -0.15) is 0 Å². The first-order valence-electron chi connectivity index (χ1n) is 11.4. The van der Waals surface area contributed by atoms with E-state index in [0.717, 1.165) is 35.2 Å². The van der Waals surface area contributed by atoms with E-state index in [4.69, 9.17) is 11.6 Å². The minimum Gasteiger partial charge on any atom is -0.321 e. The molecule has 0 bridgehead atoms. The second-order valence-electron chi connectivity index (χ2n) is 8.14. The van der Waals surface area contributed by atoms with Gasteiger partial charge in [-0.3, -0.25) is 9.59 Å². The Kier molecular flexibility index (Phi) is 6.99. The second kappa shape index (κ2) is 10.1. The van der Waals surface area contributed by atoms with Gasteiger partial charge in [-0.25, -0.2) is 0 Å². The van der Waals surface area contributed by atoms with E-state index >= 15 is 0 Å². The Morgan fingerprint density at radius 3 is 2.12 bits per heavy atom. The molecule has 0 spiro atoms. The monoisotopic (exact) mass is 470 g/mol. The molecule has 0 atom stereocenters. The predicted molar refractivity (Wildman–Crippen MR) is 140 cm³/mol. The van der Waals surface area contributed by atoms with Gasteiger partial charge in [-0.05, 0) is 48.6 Å². The van der Waals surface area contributed by atoms with Crippen molar-refractivity contribution < 1.29 is 4.79 Å². The Labute approximate surface area is 204 Å². The number of halogens is 1. The van der Waals surface area contributed by atoms with E-state index in [1.165, 1.54) is 6.07 Å². The molecule has 1 amide bonds. The summed E-state index contributed by atoms with van der Waals surface area (Å²) in [6.07, 6.45) is 1.54. The maximum Gasteiger partial charge on any atom is 0.261 e. The molecular weight excluding hydrogens is 444 g/mol. The van der Waals surface area contributed by atoms with Crippen molar-refractivity contribution in [2.24, 2.45) is 0 Å². The summed E-state index contributed by atoms with van der Waals surface area (Å²) in [5.74, 6) is -0.430. The smallest absolute Gasteiger partial charge is 0.261 e. The number of benzene rings is 3. The van der Waals surface area contributed by atoms with Gasteiger partial charge in [0.15, 0.2) is 5.43 Å². The molecule has 0 saturated heterocycles. The molecule has 34 heavy (non-hydrogen) atoms. The fourth-order valence-corrected chi connectivity index (χ4v) is 4.56. The van der Waals surface area contributed by atoms with Gasteiger partial charge in [0.25, 0.3) is 5.91 Å². The van der Waals surface area contributed by atoms with Crippen molar-refractivity contribution in [3.63, 3.8) is 0 Å². The number of rotatable bonds is 6. The maximum absolute atomic E-state index is 13.8. The maximum atomic E-state index is 13.8. The molecule has 0 saturated carbocycles. The molecular formula is C29H27ClN2O2. The Hall–Kier alpha value is -3.63. The number of carbonyl (C=O) groups excluding carboxylic acids is 1. The molecule has 1 aromatic heterocycles. The highest BCUT2D eigenvalue weighted by atomic mass is 35.5. The fraction of sp³-hybridized carbons (Fsp3) is 0.172. The van der Waals surface area contributed by atoms with Crippen LogP contribution in [0.2, 0.25) is 5.02 Å². The third-order valence-electron chi connectivity index (χ3n) is 6.00. The summed E-state index contributed by atoms with van der Waals surface area (Å²) < 4.78 is 1.89. The molecule has 0 fully saturated rings. The molecule has 4 aromatic rings. The number of anilines is 1. The average molecular weight is 471 g/mol. The van der Waals surface area contributed by atoms with Crippen molar-refractivity contribution in [3.05, 3.63) is 116 Å². The lowest BCUT2D eigenvalue weighted by atomic mass is 10.00. The lowest BCUT2D eigenvalue weighted by Crippen LogP contribution is -2.27. The van der Waals surface area contributed by atoms with Crippen LogP contribution in [0.4, 0.5) is 5.69 Å². The number of amides is 1. The van der Waals surface area contributed by atoms with Crippen LogP contribution in [0.3, 0.4) is 0 Å². The summed E-state index contributed by atoms with van der Waals surface area (Å²) in [5.41, 5.74) is 5.28. The van der Waals surface area contributed by atoms with E-state index < -0.39 is 5.91 Å². The zero-order valence-corrected chi connectivity index (χ0v) is 20.3. The average Bonchev–Trinajstić information content (AvgIpc) is 2.85. The van der Waals surface area contributed by atoms with E-state index in [-0.39, 0.29) is 11.0 Å². The third-order valence-corrected chi connectivity index (χ3v) is 6.32. The van der Waals surface area contributed by atoms with Crippen LogP contribution in [-0.4, -0.2) is 10.5 Å². The van der Waals surface area contributed by atoms with Crippen LogP contribution < -0.4 is 10.7 Å². The van der Waals surface area contributed by atoms with E-state index in [0.29, 0.717) is 22.1 Å². The highest BCUT2D eigenvalue weighted by Gasteiger charge is 2.24. The molecule has 1 N–H and O–H groups in total. The molecule has 0 radical (unpaired) electrons. The van der Waals surface area contributed by atoms with Crippen LogP contribution >= 0.6 is 11.6 Å². The van der Waals surface area contributed by atoms with Crippen molar-refractivity contribution in [1.29, 1.82) is 0 Å². The number of nitrogens with one attached hydrogen (secondary N) is 1. The number of carbonyl (C=O) groups is 1. The SMILES string of the molecule is CCc1cccc(CC)c1NC(=O)c1c(-c2ccccc2)n(-c2ccccc2Cl)c(C)cc1=O. The van der Waals surface area contributed by atoms with Crippen LogP contribution in [0.1, 0.15) is 41.0 Å². The number of nitrogens with zero attached hydrogens (tertiary/aromatic N) is 1. The molecule has 1 heterocycles. The molecule has 3 aromatic carbocycles. The van der Waals surface area contributed by atoms with Gasteiger partial charge in [-0.1, -0.05) is 86.1 Å². The molecule has 0 aliphatic heterocycles. The van der Waals surface area contributed by atoms with E-state index in [1.54, 1.807) is 6.07 Å². The zero-order valence-electron chi connectivity index (χ0n) is 19.6. The second-order valence-corrected chi connectivity index (χ2v) is 8.55. The topological polar surface area (TPSA) is 51.1 Å². The first-order valence-corrected chi connectivity index (χ1v) is 11.8. The van der Waals surface area contributed by atoms with Gasteiger partial charge in [0.05, 0.1) is 16.4 Å². The molecule has 0 unspecified atom stereocenters. The molecule has 5 heteroatoms. The lowest BCUT2D eigenvalue weighted by Gasteiger charge is -2.22. The van der Waals surface area contributed by atoms with Gasteiger partial charge >= 0.3 is 0 Å². The third kappa shape index (κ3) is 4.42. The van der Waals surface area contributed by atoms with Crippen LogP contribution in [0.25, 0.3) is 16.9 Å². The van der Waals surface area contributed by atoms with E-state index in [2.05, 4.69) is 19.2 Å². The first kappa shape index (κ1) is 23.5. The lowest BCUT2D eigenvalue weighted by molar-refractivity contribution is 0.102. The Morgan fingerprint density at radius 1 is 0.882 bits per heavy atom. The van der Waals surface area contributed by atoms with Crippen LogP contribution in [0.15, 0.2) is 83.7 Å². The van der Waals surface area contributed by atoms with E-state index in [1.807, 2.05) is 78.2 Å². The molecule has 0 aliphatic carbocycles. The Balaban J connectivity index is 1.99. The van der Waals surface area contributed by atoms with Gasteiger partial charge in [-0.15, -0.1) is 0 Å². The zero-order chi connectivity index (χ0) is 24.2. The predicted octanol–water partition coefficient (Wildman–Crippen LogP) is 6.84. The molecule has 4 nitrogen and oxygen atoms in total. The van der Waals surface area contributed by atoms with E-state index in [9.17, 15) is 9.59 Å². The van der Waals surface area contributed by atoms with Crippen molar-refractivity contribution in [1.82, 2.24) is 4.57 Å². The van der Waals surface area contributed by atoms with Crippen molar-refractivity contribution >= 4 is 23.2 Å². The van der Waals surface area contributed by atoms with Gasteiger partial charge in [0.2, 0.25) is 0 Å². The van der Waals surface area contributed by atoms with Crippen LogP contribution in [-0.2, 0) is 12.8 Å². The summed E-state index contributed by atoms with van der Waals surface area (Å²) in [5, 5.41) is 3.61. The Bertz CT molecular complexity index is 1390. The normalized spacial score (nSPS) is 10.8. The molecule has 172 valence electrons. The Morgan fingerprint density at radius 2 is 1.50 bits per heavy atom. The minimum atomic E-state index is -0.430. The number of aromatic nitrogens is 1. The highest BCUT2D eigenvalue weighted by Crippen LogP contribution is 2.31. The van der Waals surface area contributed by atoms with Gasteiger partial charge in [0.1, 0.15) is 5.56 Å². The van der Waals surface area contributed by atoms with Crippen molar-refractivity contribution in [2.75, 3.05) is 5.32 Å². The summed E-state index contributed by atoms with van der Waals surface area (Å²) in [6.45, 7) is 5.95. The molecule has 0 aliphatic rings. The van der Waals surface area contributed by atoms with Crippen LogP contribution in [0, 0.1) is 6.92 Å². The van der Waals surface area contributed by atoms with Gasteiger partial charge in [0, 0.05) is 17.4 Å². The summed E-state index contributed by atoms with van der Waals surface area (Å²) in [4.78, 5) is 27.1. The quantitative estimate of drug-likeness (QED) is 0.335. The summed E-state index contributed by atoms with van der Waals surface area (Å²) in [7, 11) is 0. The van der Waals surface area contributed by atoms with Crippen LogP contribution in [0.5, 0.6) is 0 Å². The summed E-state index contributed by atoms with van der Waals surface area (Å²) >= 11 is 6.57. The first-order chi connectivity index (χ1) is 16.5. The van der Waals surface area contributed by atoms with Crippen molar-refractivity contribution in [2.45, 2.75) is 33.6 Å². The number of para-hydroxylation sites is 2. The number of hydrogen-bond acceptors (Lipinski definition) is 2. The van der Waals surface area contributed by atoms with Crippen molar-refractivity contribution in [3.8, 4) is 16.9 Å². The number of hydrogen-bond donors (Lipinski definition) is 1. The highest BCUT2D eigenvalue weighted by molar-refractivity contribution is 6.32. The molecule has 4 rings (SSSR count). The largest absolute Gasteiger partial charge is 0.321 e. The standard InChI is InChI=1S/C29H27ClN2O2/c1-4-20-14-11-15-21(5-2)27(20)31-29(34)26-25(33)18-19(3)32(24-17-10-9-16-23(24)30)28(26)22-12-7-6-8-13-22/h6-18H,4-5H2,1-3H3,(H,31,34).